The summed E-state index contributed by atoms with van der Waals surface area (Å²) in [5.41, 5.74) is 0.0693. The zero-order valence-corrected chi connectivity index (χ0v) is 16.6. The van der Waals surface area contributed by atoms with E-state index in [0.29, 0.717) is 38.3 Å². The maximum atomic E-state index is 14.4. The van der Waals surface area contributed by atoms with E-state index in [1.54, 1.807) is 17.0 Å². The van der Waals surface area contributed by atoms with E-state index in [1.807, 2.05) is 26.8 Å². The first kappa shape index (κ1) is 21.3. The monoisotopic (exact) mass is 379 g/mol. The number of amides is 1. The lowest BCUT2D eigenvalue weighted by Gasteiger charge is -2.40. The Bertz CT molecular complexity index is 652. The number of nitrogens with zero attached hydrogens (tertiary/aromatic N) is 2. The van der Waals surface area contributed by atoms with Crippen molar-refractivity contribution in [1.29, 1.82) is 0 Å². The van der Waals surface area contributed by atoms with Crippen LogP contribution in [0.4, 0.5) is 9.18 Å². The molecular formula is C20H30FN3O3. The minimum atomic E-state index is -0.527. The summed E-state index contributed by atoms with van der Waals surface area (Å²) in [7, 11) is 0. The van der Waals surface area contributed by atoms with Crippen LogP contribution >= 0.6 is 0 Å². The van der Waals surface area contributed by atoms with E-state index in [0.717, 1.165) is 0 Å². The molecule has 0 aliphatic carbocycles. The van der Waals surface area contributed by atoms with Crippen molar-refractivity contribution in [3.8, 4) is 0 Å². The Hall–Kier alpha value is -1.99. The van der Waals surface area contributed by atoms with Crippen LogP contribution in [0.2, 0.25) is 0 Å². The third-order valence-electron chi connectivity index (χ3n) is 4.38. The average molecular weight is 379 g/mol. The number of hydrogen-bond donors (Lipinski definition) is 1. The second-order valence-corrected chi connectivity index (χ2v) is 7.87. The first-order chi connectivity index (χ1) is 12.7. The van der Waals surface area contributed by atoms with Gasteiger partial charge in [-0.3, -0.25) is 9.69 Å². The predicted octanol–water partition coefficient (Wildman–Crippen LogP) is 2.60. The molecule has 1 amide bonds. The van der Waals surface area contributed by atoms with Crippen molar-refractivity contribution in [3.63, 3.8) is 0 Å². The van der Waals surface area contributed by atoms with E-state index in [9.17, 15) is 14.0 Å². The first-order valence-electron chi connectivity index (χ1n) is 9.34. The number of nitrogens with one attached hydrogen (secondary N) is 1. The van der Waals surface area contributed by atoms with Crippen LogP contribution in [-0.2, 0) is 9.53 Å². The Kier molecular flexibility index (Phi) is 7.33. The fourth-order valence-corrected chi connectivity index (χ4v) is 3.11. The standard InChI is InChI=1S/C20H30FN3O3/c1-15(25)13-22-14-18(16-7-5-6-8-17(16)21)23-9-11-24(12-10-23)19(26)27-20(2,3)4/h5-8,18,22H,9-14H2,1-4H3. The quantitative estimate of drug-likeness (QED) is 0.823. The van der Waals surface area contributed by atoms with Gasteiger partial charge in [-0.15, -0.1) is 0 Å². The van der Waals surface area contributed by atoms with Crippen LogP contribution in [0.15, 0.2) is 24.3 Å². The summed E-state index contributed by atoms with van der Waals surface area (Å²) in [6.07, 6.45) is -0.320. The number of piperazine rings is 1. The average Bonchev–Trinajstić information content (AvgIpc) is 2.58. The van der Waals surface area contributed by atoms with Crippen LogP contribution in [0.1, 0.15) is 39.3 Å². The number of ketones is 1. The molecule has 0 saturated carbocycles. The second kappa shape index (κ2) is 9.28. The molecule has 2 rings (SSSR count). The Balaban J connectivity index is 2.03. The van der Waals surface area contributed by atoms with E-state index >= 15 is 0 Å². The predicted molar refractivity (Wildman–Crippen MR) is 102 cm³/mol. The number of rotatable bonds is 6. The molecule has 6 nitrogen and oxygen atoms in total. The lowest BCUT2D eigenvalue weighted by Crippen LogP contribution is -2.52. The highest BCUT2D eigenvalue weighted by atomic mass is 19.1. The third-order valence-corrected chi connectivity index (χ3v) is 4.38. The Morgan fingerprint density at radius 3 is 2.37 bits per heavy atom. The molecule has 1 N–H and O–H groups in total. The van der Waals surface area contributed by atoms with Crippen molar-refractivity contribution >= 4 is 11.9 Å². The molecule has 27 heavy (non-hydrogen) atoms. The van der Waals surface area contributed by atoms with Crippen molar-refractivity contribution in [3.05, 3.63) is 35.6 Å². The number of carbonyl (C=O) groups is 2. The molecule has 1 fully saturated rings. The number of carbonyl (C=O) groups excluding carboxylic acids is 2. The summed E-state index contributed by atoms with van der Waals surface area (Å²) < 4.78 is 19.8. The summed E-state index contributed by atoms with van der Waals surface area (Å²) >= 11 is 0. The van der Waals surface area contributed by atoms with Crippen molar-refractivity contribution in [2.75, 3.05) is 39.3 Å². The van der Waals surface area contributed by atoms with E-state index in [2.05, 4.69) is 10.2 Å². The van der Waals surface area contributed by atoms with Gasteiger partial charge in [-0.1, -0.05) is 18.2 Å². The van der Waals surface area contributed by atoms with E-state index in [1.165, 1.54) is 13.0 Å². The Morgan fingerprint density at radius 1 is 1.19 bits per heavy atom. The van der Waals surface area contributed by atoms with Gasteiger partial charge in [0.1, 0.15) is 17.2 Å². The van der Waals surface area contributed by atoms with Gasteiger partial charge in [0, 0.05) is 38.3 Å². The van der Waals surface area contributed by atoms with Crippen molar-refractivity contribution in [2.45, 2.75) is 39.3 Å². The molecule has 0 bridgehead atoms. The Labute approximate surface area is 160 Å². The highest BCUT2D eigenvalue weighted by molar-refractivity contribution is 5.77. The van der Waals surface area contributed by atoms with E-state index in [4.69, 9.17) is 4.74 Å². The fraction of sp³-hybridized carbons (Fsp3) is 0.600. The van der Waals surface area contributed by atoms with Crippen LogP contribution in [0.5, 0.6) is 0 Å². The molecule has 1 heterocycles. The van der Waals surface area contributed by atoms with Gasteiger partial charge in [-0.25, -0.2) is 9.18 Å². The highest BCUT2D eigenvalue weighted by Crippen LogP contribution is 2.24. The van der Waals surface area contributed by atoms with Crippen LogP contribution in [0.3, 0.4) is 0 Å². The van der Waals surface area contributed by atoms with Gasteiger partial charge in [0.15, 0.2) is 0 Å². The SMILES string of the molecule is CC(=O)CNCC(c1ccccc1F)N1CCN(C(=O)OC(C)(C)C)CC1. The molecule has 1 atom stereocenters. The third kappa shape index (κ3) is 6.59. The zero-order chi connectivity index (χ0) is 20.0. The number of ether oxygens (including phenoxy) is 1. The maximum Gasteiger partial charge on any atom is 0.410 e. The first-order valence-corrected chi connectivity index (χ1v) is 9.34. The van der Waals surface area contributed by atoms with Crippen molar-refractivity contribution in [2.24, 2.45) is 0 Å². The summed E-state index contributed by atoms with van der Waals surface area (Å²) in [5, 5.41) is 3.11. The van der Waals surface area contributed by atoms with Gasteiger partial charge >= 0.3 is 6.09 Å². The summed E-state index contributed by atoms with van der Waals surface area (Å²) in [4.78, 5) is 27.3. The number of hydrogen-bond acceptors (Lipinski definition) is 5. The normalized spacial score (nSPS) is 16.9. The number of halogens is 1. The minimum absolute atomic E-state index is 0.0389. The van der Waals surface area contributed by atoms with Crippen molar-refractivity contribution in [1.82, 2.24) is 15.1 Å². The highest BCUT2D eigenvalue weighted by Gasteiger charge is 2.30. The van der Waals surface area contributed by atoms with E-state index < -0.39 is 5.60 Å². The van der Waals surface area contributed by atoms with Crippen LogP contribution in [0, 0.1) is 5.82 Å². The second-order valence-electron chi connectivity index (χ2n) is 7.87. The van der Waals surface area contributed by atoms with E-state index in [-0.39, 0.29) is 30.3 Å². The maximum absolute atomic E-state index is 14.4. The molecule has 1 aromatic carbocycles. The summed E-state index contributed by atoms with van der Waals surface area (Å²) in [6.45, 7) is 10.0. The molecule has 150 valence electrons. The molecular weight excluding hydrogens is 349 g/mol. The van der Waals surface area contributed by atoms with Gasteiger partial charge in [0.05, 0.1) is 12.6 Å². The number of Topliss-reactive ketones (excluding diaryl/α,β-unsaturated/α-hetero) is 1. The molecule has 1 unspecified atom stereocenters. The van der Waals surface area contributed by atoms with Gasteiger partial charge in [-0.2, -0.15) is 0 Å². The summed E-state index contributed by atoms with van der Waals surface area (Å²) in [5.74, 6) is -0.223. The lowest BCUT2D eigenvalue weighted by atomic mass is 10.0. The van der Waals surface area contributed by atoms with Crippen molar-refractivity contribution < 1.29 is 18.7 Å². The molecule has 0 radical (unpaired) electrons. The van der Waals surface area contributed by atoms with Gasteiger partial charge in [0.2, 0.25) is 0 Å². The van der Waals surface area contributed by atoms with Crippen LogP contribution < -0.4 is 5.32 Å². The van der Waals surface area contributed by atoms with Gasteiger partial charge < -0.3 is 15.0 Å². The molecule has 7 heteroatoms. The summed E-state index contributed by atoms with van der Waals surface area (Å²) in [6, 6.07) is 6.50. The minimum Gasteiger partial charge on any atom is -0.444 e. The Morgan fingerprint density at radius 2 is 1.81 bits per heavy atom. The van der Waals surface area contributed by atoms with Crippen LogP contribution in [0.25, 0.3) is 0 Å². The smallest absolute Gasteiger partial charge is 0.410 e. The van der Waals surface area contributed by atoms with Crippen LogP contribution in [-0.4, -0.2) is 66.5 Å². The number of benzene rings is 1. The molecule has 0 spiro atoms. The fourth-order valence-electron chi connectivity index (χ4n) is 3.11. The molecule has 1 saturated heterocycles. The zero-order valence-electron chi connectivity index (χ0n) is 16.6. The largest absolute Gasteiger partial charge is 0.444 e. The lowest BCUT2D eigenvalue weighted by molar-refractivity contribution is -0.116. The topological polar surface area (TPSA) is 61.9 Å². The van der Waals surface area contributed by atoms with Gasteiger partial charge in [0.25, 0.3) is 0 Å². The van der Waals surface area contributed by atoms with Gasteiger partial charge in [-0.05, 0) is 33.8 Å². The molecule has 1 aromatic rings. The molecule has 1 aliphatic rings. The molecule has 0 aromatic heterocycles. The molecule has 1 aliphatic heterocycles.